The van der Waals surface area contributed by atoms with Gasteiger partial charge in [-0.25, -0.2) is 0 Å². The van der Waals surface area contributed by atoms with Crippen LogP contribution in [0.4, 0.5) is 5.69 Å². The van der Waals surface area contributed by atoms with Gasteiger partial charge in [0.2, 0.25) is 11.8 Å². The fourth-order valence-electron chi connectivity index (χ4n) is 5.74. The van der Waals surface area contributed by atoms with Crippen molar-refractivity contribution in [3.05, 3.63) is 29.3 Å². The van der Waals surface area contributed by atoms with Gasteiger partial charge in [-0.05, 0) is 56.7 Å². The molecule has 2 unspecified atom stereocenters. The lowest BCUT2D eigenvalue weighted by Crippen LogP contribution is -2.54. The lowest BCUT2D eigenvalue weighted by atomic mass is 9.93. The number of carbonyl (C=O) groups is 4. The Balaban J connectivity index is 1.29. The summed E-state index contributed by atoms with van der Waals surface area (Å²) in [6.07, 6.45) is 4.60. The van der Waals surface area contributed by atoms with Crippen molar-refractivity contribution in [2.75, 3.05) is 37.6 Å². The van der Waals surface area contributed by atoms with Crippen molar-refractivity contribution in [3.63, 3.8) is 0 Å². The lowest BCUT2D eigenvalue weighted by Gasteiger charge is -2.38. The lowest BCUT2D eigenvalue weighted by molar-refractivity contribution is -0.136. The number of benzene rings is 1. The molecule has 9 heteroatoms. The number of piperidine rings is 3. The first-order valence-corrected chi connectivity index (χ1v) is 12.0. The standard InChI is InChI=1S/C24H31N5O4/c25-16-3-2-10-27(14-16)13-15-8-11-28(12-9-15)18-5-1-4-17-21(18)24(33)29(23(17)32)19-6-7-20(30)26-22(19)31/h1,4-5,15-16,19H,2-3,6-14,25H2,(H,26,30,31). The molecule has 0 saturated carbocycles. The second kappa shape index (κ2) is 8.87. The van der Waals surface area contributed by atoms with Crippen molar-refractivity contribution in [2.45, 2.75) is 50.6 Å². The van der Waals surface area contributed by atoms with E-state index in [9.17, 15) is 19.2 Å². The molecular formula is C24H31N5O4. The summed E-state index contributed by atoms with van der Waals surface area (Å²) in [5.74, 6) is -1.25. The van der Waals surface area contributed by atoms with Gasteiger partial charge < -0.3 is 15.5 Å². The summed E-state index contributed by atoms with van der Waals surface area (Å²) in [4.78, 5) is 56.0. The number of likely N-dealkylation sites (tertiary alicyclic amines) is 1. The minimum atomic E-state index is -0.940. The number of carbonyl (C=O) groups excluding carboxylic acids is 4. The van der Waals surface area contributed by atoms with Crippen LogP contribution < -0.4 is 16.0 Å². The zero-order valence-electron chi connectivity index (χ0n) is 18.8. The van der Waals surface area contributed by atoms with Crippen LogP contribution in [0.1, 0.15) is 59.2 Å². The maximum absolute atomic E-state index is 13.3. The molecule has 4 aliphatic rings. The minimum Gasteiger partial charge on any atom is -0.371 e. The van der Waals surface area contributed by atoms with Crippen molar-refractivity contribution in [2.24, 2.45) is 11.7 Å². The summed E-state index contributed by atoms with van der Waals surface area (Å²) in [5.41, 5.74) is 7.61. The Morgan fingerprint density at radius 1 is 0.970 bits per heavy atom. The smallest absolute Gasteiger partial charge is 0.264 e. The van der Waals surface area contributed by atoms with Gasteiger partial charge in [0.1, 0.15) is 6.04 Å². The Bertz CT molecular complexity index is 987. The molecule has 0 radical (unpaired) electrons. The molecular weight excluding hydrogens is 422 g/mol. The van der Waals surface area contributed by atoms with E-state index in [-0.39, 0.29) is 24.8 Å². The predicted octanol–water partition coefficient (Wildman–Crippen LogP) is 0.727. The van der Waals surface area contributed by atoms with E-state index in [1.165, 1.54) is 0 Å². The van der Waals surface area contributed by atoms with Gasteiger partial charge in [-0.15, -0.1) is 0 Å². The number of nitrogens with one attached hydrogen (secondary N) is 1. The van der Waals surface area contributed by atoms with E-state index < -0.39 is 23.8 Å². The Labute approximate surface area is 193 Å². The fourth-order valence-corrected chi connectivity index (χ4v) is 5.74. The minimum absolute atomic E-state index is 0.117. The molecule has 3 saturated heterocycles. The normalized spacial score (nSPS) is 27.2. The molecule has 9 nitrogen and oxygen atoms in total. The van der Waals surface area contributed by atoms with Crippen molar-refractivity contribution < 1.29 is 19.2 Å². The number of hydrogen-bond acceptors (Lipinski definition) is 7. The first-order valence-electron chi connectivity index (χ1n) is 12.0. The molecule has 2 atom stereocenters. The average Bonchev–Trinajstić information content (AvgIpc) is 3.05. The Kier molecular flexibility index (Phi) is 5.92. The topological polar surface area (TPSA) is 116 Å². The fraction of sp³-hybridized carbons (Fsp3) is 0.583. The molecule has 5 rings (SSSR count). The van der Waals surface area contributed by atoms with Crippen LogP contribution in [0, 0.1) is 5.92 Å². The molecule has 4 amide bonds. The second-order valence-electron chi connectivity index (χ2n) is 9.74. The monoisotopic (exact) mass is 453 g/mol. The largest absolute Gasteiger partial charge is 0.371 e. The van der Waals surface area contributed by atoms with Crippen molar-refractivity contribution >= 4 is 29.3 Å². The van der Waals surface area contributed by atoms with E-state index >= 15 is 0 Å². The number of hydrogen-bond donors (Lipinski definition) is 2. The highest BCUT2D eigenvalue weighted by molar-refractivity contribution is 6.25. The number of fused-ring (bicyclic) bond motifs is 1. The van der Waals surface area contributed by atoms with Crippen LogP contribution in [0.25, 0.3) is 0 Å². The molecule has 0 spiro atoms. The van der Waals surface area contributed by atoms with Gasteiger partial charge in [0.05, 0.1) is 16.8 Å². The first kappa shape index (κ1) is 22.0. The van der Waals surface area contributed by atoms with Crippen LogP contribution in [-0.2, 0) is 9.59 Å². The molecule has 3 N–H and O–H groups in total. The summed E-state index contributed by atoms with van der Waals surface area (Å²) in [6, 6.07) is 4.68. The molecule has 0 aromatic heterocycles. The number of rotatable bonds is 4. The molecule has 3 fully saturated rings. The second-order valence-corrected chi connectivity index (χ2v) is 9.74. The average molecular weight is 454 g/mol. The molecule has 1 aromatic rings. The zero-order valence-corrected chi connectivity index (χ0v) is 18.8. The maximum Gasteiger partial charge on any atom is 0.264 e. The van der Waals surface area contributed by atoms with Gasteiger partial charge in [-0.3, -0.25) is 29.4 Å². The highest BCUT2D eigenvalue weighted by Crippen LogP contribution is 2.36. The Hall–Kier alpha value is -2.78. The van der Waals surface area contributed by atoms with E-state index in [1.807, 2.05) is 6.07 Å². The molecule has 4 heterocycles. The predicted molar refractivity (Wildman–Crippen MR) is 122 cm³/mol. The quantitative estimate of drug-likeness (QED) is 0.646. The molecule has 4 aliphatic heterocycles. The number of nitrogens with zero attached hydrogens (tertiary/aromatic N) is 3. The van der Waals surface area contributed by atoms with E-state index in [2.05, 4.69) is 15.1 Å². The van der Waals surface area contributed by atoms with Crippen LogP contribution >= 0.6 is 0 Å². The summed E-state index contributed by atoms with van der Waals surface area (Å²) >= 11 is 0. The zero-order chi connectivity index (χ0) is 23.1. The number of nitrogens with two attached hydrogens (primary N) is 1. The first-order chi connectivity index (χ1) is 15.9. The van der Waals surface area contributed by atoms with Gasteiger partial charge in [0.25, 0.3) is 11.8 Å². The summed E-state index contributed by atoms with van der Waals surface area (Å²) in [7, 11) is 0. The van der Waals surface area contributed by atoms with E-state index in [4.69, 9.17) is 5.73 Å². The third-order valence-electron chi connectivity index (χ3n) is 7.46. The molecule has 176 valence electrons. The van der Waals surface area contributed by atoms with Crippen molar-refractivity contribution in [1.82, 2.24) is 15.1 Å². The van der Waals surface area contributed by atoms with E-state index in [0.717, 1.165) is 69.0 Å². The van der Waals surface area contributed by atoms with Crippen molar-refractivity contribution in [1.29, 1.82) is 0 Å². The SMILES string of the molecule is NC1CCCN(CC2CCN(c3cccc4c3C(=O)N(C3CCC(=O)NC3=O)C4=O)CC2)C1. The van der Waals surface area contributed by atoms with E-state index in [0.29, 0.717) is 17.0 Å². The molecule has 0 aliphatic carbocycles. The van der Waals surface area contributed by atoms with Gasteiger partial charge in [0, 0.05) is 38.6 Å². The van der Waals surface area contributed by atoms with Gasteiger partial charge in [-0.2, -0.15) is 0 Å². The van der Waals surface area contributed by atoms with Crippen LogP contribution in [0.15, 0.2) is 18.2 Å². The third kappa shape index (κ3) is 4.15. The van der Waals surface area contributed by atoms with Crippen molar-refractivity contribution in [3.8, 4) is 0 Å². The summed E-state index contributed by atoms with van der Waals surface area (Å²) in [5, 5.41) is 2.25. The Morgan fingerprint density at radius 3 is 2.48 bits per heavy atom. The van der Waals surface area contributed by atoms with Crippen LogP contribution in [0.3, 0.4) is 0 Å². The number of amides is 4. The van der Waals surface area contributed by atoms with Crippen LogP contribution in [0.2, 0.25) is 0 Å². The van der Waals surface area contributed by atoms with Gasteiger partial charge in [-0.1, -0.05) is 6.07 Å². The molecule has 1 aromatic carbocycles. The highest BCUT2D eigenvalue weighted by Gasteiger charge is 2.46. The maximum atomic E-state index is 13.3. The highest BCUT2D eigenvalue weighted by atomic mass is 16.2. The summed E-state index contributed by atoms with van der Waals surface area (Å²) < 4.78 is 0. The van der Waals surface area contributed by atoms with Gasteiger partial charge >= 0.3 is 0 Å². The molecule has 0 bridgehead atoms. The van der Waals surface area contributed by atoms with Crippen LogP contribution in [0.5, 0.6) is 0 Å². The summed E-state index contributed by atoms with van der Waals surface area (Å²) in [6.45, 7) is 4.79. The third-order valence-corrected chi connectivity index (χ3v) is 7.46. The Morgan fingerprint density at radius 2 is 1.76 bits per heavy atom. The number of imide groups is 2. The molecule has 33 heavy (non-hydrogen) atoms. The van der Waals surface area contributed by atoms with E-state index in [1.54, 1.807) is 12.1 Å². The van der Waals surface area contributed by atoms with Crippen LogP contribution in [-0.4, -0.2) is 78.2 Å². The number of anilines is 1. The van der Waals surface area contributed by atoms with Gasteiger partial charge in [0.15, 0.2) is 0 Å².